The maximum absolute atomic E-state index is 3.82. The van der Waals surface area contributed by atoms with Crippen molar-refractivity contribution in [3.8, 4) is 0 Å². The molecule has 2 fully saturated rings. The zero-order chi connectivity index (χ0) is 11.3. The summed E-state index contributed by atoms with van der Waals surface area (Å²) in [5.74, 6) is 0. The van der Waals surface area contributed by atoms with Gasteiger partial charge in [0.25, 0.3) is 0 Å². The van der Waals surface area contributed by atoms with Crippen LogP contribution in [0, 0.1) is 6.04 Å². The molecule has 2 saturated heterocycles. The van der Waals surface area contributed by atoms with Crippen molar-refractivity contribution >= 4 is 0 Å². The van der Waals surface area contributed by atoms with Gasteiger partial charge in [-0.1, -0.05) is 24.3 Å². The molecular weight excluding hydrogens is 210 g/mol. The zero-order valence-corrected chi connectivity index (χ0v) is 9.92. The van der Waals surface area contributed by atoms with E-state index in [0.717, 1.165) is 19.6 Å². The van der Waals surface area contributed by atoms with Crippen LogP contribution in [0.2, 0.25) is 0 Å². The molecule has 0 spiro atoms. The summed E-state index contributed by atoms with van der Waals surface area (Å²) >= 11 is 0. The minimum atomic E-state index is 0.162. The third-order valence-electron chi connectivity index (χ3n) is 4.44. The Morgan fingerprint density at radius 1 is 1.24 bits per heavy atom. The second-order valence-corrected chi connectivity index (χ2v) is 5.48. The molecule has 89 valence electrons. The number of nitrogens with one attached hydrogen (secondary N) is 3. The van der Waals surface area contributed by atoms with Gasteiger partial charge in [-0.05, 0) is 24.0 Å². The van der Waals surface area contributed by atoms with E-state index in [9.17, 15) is 0 Å². The highest BCUT2D eigenvalue weighted by molar-refractivity contribution is 5.47. The Hall–Kier alpha value is -0.900. The highest BCUT2D eigenvalue weighted by Gasteiger charge is 2.49. The van der Waals surface area contributed by atoms with Gasteiger partial charge in [0.05, 0.1) is 11.6 Å². The van der Waals surface area contributed by atoms with Gasteiger partial charge >= 0.3 is 0 Å². The average molecular weight is 228 g/mol. The van der Waals surface area contributed by atoms with E-state index in [-0.39, 0.29) is 5.54 Å². The summed E-state index contributed by atoms with van der Waals surface area (Å²) in [7, 11) is 0. The molecule has 1 aromatic rings. The lowest BCUT2D eigenvalue weighted by molar-refractivity contribution is 0.298. The van der Waals surface area contributed by atoms with Gasteiger partial charge in [-0.25, -0.2) is 0 Å². The van der Waals surface area contributed by atoms with Crippen LogP contribution in [0.15, 0.2) is 24.3 Å². The quantitative estimate of drug-likeness (QED) is 0.664. The van der Waals surface area contributed by atoms with Crippen molar-refractivity contribution in [1.82, 2.24) is 16.0 Å². The van der Waals surface area contributed by atoms with Gasteiger partial charge in [0, 0.05) is 25.7 Å². The molecule has 0 saturated carbocycles. The smallest absolute Gasteiger partial charge is 0.0883 e. The Labute approximate surface area is 102 Å². The predicted octanol–water partition coefficient (Wildman–Crippen LogP) is 0.764. The molecule has 4 rings (SSSR count). The van der Waals surface area contributed by atoms with Crippen LogP contribution < -0.4 is 16.0 Å². The second kappa shape index (κ2) is 3.55. The Bertz CT molecular complexity index is 441. The summed E-state index contributed by atoms with van der Waals surface area (Å²) in [6.07, 6.45) is 2.54. The monoisotopic (exact) mass is 228 g/mol. The van der Waals surface area contributed by atoms with Crippen LogP contribution in [0.4, 0.5) is 0 Å². The Balaban J connectivity index is 1.72. The van der Waals surface area contributed by atoms with Crippen molar-refractivity contribution in [2.24, 2.45) is 0 Å². The van der Waals surface area contributed by atoms with Crippen molar-refractivity contribution in [3.05, 3.63) is 41.4 Å². The SMILES string of the molecule is c1ccc2c(c1)CN[C]2C12CCC(CNC1)N2. The van der Waals surface area contributed by atoms with Crippen LogP contribution in [-0.4, -0.2) is 24.7 Å². The summed E-state index contributed by atoms with van der Waals surface area (Å²) in [5.41, 5.74) is 3.02. The zero-order valence-electron chi connectivity index (χ0n) is 9.92. The van der Waals surface area contributed by atoms with Gasteiger partial charge < -0.3 is 10.6 Å². The van der Waals surface area contributed by atoms with Gasteiger partial charge in [0.2, 0.25) is 0 Å². The fraction of sp³-hybridized carbons (Fsp3) is 0.500. The fourth-order valence-electron chi connectivity index (χ4n) is 3.62. The van der Waals surface area contributed by atoms with E-state index in [1.165, 1.54) is 30.0 Å². The van der Waals surface area contributed by atoms with Crippen LogP contribution in [-0.2, 0) is 6.54 Å². The Morgan fingerprint density at radius 3 is 3.18 bits per heavy atom. The van der Waals surface area contributed by atoms with Crippen LogP contribution in [0.25, 0.3) is 0 Å². The molecule has 0 aliphatic carbocycles. The molecule has 2 atom stereocenters. The minimum absolute atomic E-state index is 0.162. The van der Waals surface area contributed by atoms with Crippen molar-refractivity contribution in [3.63, 3.8) is 0 Å². The first-order valence-electron chi connectivity index (χ1n) is 6.55. The van der Waals surface area contributed by atoms with Gasteiger partial charge in [-0.15, -0.1) is 0 Å². The van der Waals surface area contributed by atoms with Gasteiger partial charge in [0.15, 0.2) is 0 Å². The van der Waals surface area contributed by atoms with Crippen LogP contribution >= 0.6 is 0 Å². The van der Waals surface area contributed by atoms with E-state index in [4.69, 9.17) is 0 Å². The van der Waals surface area contributed by atoms with Crippen molar-refractivity contribution < 1.29 is 0 Å². The van der Waals surface area contributed by atoms with Crippen LogP contribution in [0.3, 0.4) is 0 Å². The van der Waals surface area contributed by atoms with E-state index in [2.05, 4.69) is 40.2 Å². The molecule has 3 aliphatic heterocycles. The summed E-state index contributed by atoms with van der Waals surface area (Å²) < 4.78 is 0. The number of piperazine rings is 1. The van der Waals surface area contributed by atoms with E-state index < -0.39 is 0 Å². The molecule has 3 heteroatoms. The molecule has 1 radical (unpaired) electrons. The highest BCUT2D eigenvalue weighted by atomic mass is 15.2. The maximum Gasteiger partial charge on any atom is 0.0883 e. The molecule has 3 heterocycles. The molecule has 0 amide bonds. The van der Waals surface area contributed by atoms with Crippen molar-refractivity contribution in [2.75, 3.05) is 13.1 Å². The number of rotatable bonds is 1. The molecule has 17 heavy (non-hydrogen) atoms. The van der Waals surface area contributed by atoms with E-state index in [1.807, 2.05) is 0 Å². The number of fused-ring (bicyclic) bond motifs is 3. The first-order valence-corrected chi connectivity index (χ1v) is 6.55. The third kappa shape index (κ3) is 1.39. The van der Waals surface area contributed by atoms with Crippen molar-refractivity contribution in [1.29, 1.82) is 0 Å². The summed E-state index contributed by atoms with van der Waals surface area (Å²) in [5, 5.41) is 11.0. The molecule has 3 nitrogen and oxygen atoms in total. The van der Waals surface area contributed by atoms with Gasteiger partial charge in [0.1, 0.15) is 0 Å². The number of hydrogen-bond donors (Lipinski definition) is 3. The third-order valence-corrected chi connectivity index (χ3v) is 4.44. The number of hydrogen-bond acceptors (Lipinski definition) is 3. The van der Waals surface area contributed by atoms with Gasteiger partial charge in [-0.3, -0.25) is 5.32 Å². The predicted molar refractivity (Wildman–Crippen MR) is 67.4 cm³/mol. The lowest BCUT2D eigenvalue weighted by Gasteiger charge is -2.39. The maximum atomic E-state index is 3.82. The normalized spacial score (nSPS) is 36.1. The standard InChI is InChI=1S/C14H18N3/c1-2-4-12-10(3-1)7-16-13(12)14-6-5-11(17-14)8-15-9-14/h1-4,11,15-17H,5-9H2. The molecule has 2 bridgehead atoms. The van der Waals surface area contributed by atoms with Crippen molar-refractivity contribution in [2.45, 2.75) is 31.0 Å². The van der Waals surface area contributed by atoms with E-state index >= 15 is 0 Å². The number of benzene rings is 1. The Kier molecular flexibility index (Phi) is 2.10. The average Bonchev–Trinajstić information content (AvgIpc) is 2.92. The molecule has 3 aliphatic rings. The lowest BCUT2D eigenvalue weighted by Crippen LogP contribution is -2.62. The first kappa shape index (κ1) is 10.1. The summed E-state index contributed by atoms with van der Waals surface area (Å²) in [6, 6.07) is 10.8. The largest absolute Gasteiger partial charge is 0.313 e. The second-order valence-electron chi connectivity index (χ2n) is 5.48. The highest BCUT2D eigenvalue weighted by Crippen LogP contribution is 2.40. The molecule has 3 N–H and O–H groups in total. The van der Waals surface area contributed by atoms with E-state index in [1.54, 1.807) is 0 Å². The summed E-state index contributed by atoms with van der Waals surface area (Å²) in [6.45, 7) is 3.16. The Morgan fingerprint density at radius 2 is 2.18 bits per heavy atom. The van der Waals surface area contributed by atoms with Gasteiger partial charge in [-0.2, -0.15) is 0 Å². The van der Waals surface area contributed by atoms with E-state index in [0.29, 0.717) is 6.04 Å². The topological polar surface area (TPSA) is 36.1 Å². The summed E-state index contributed by atoms with van der Waals surface area (Å²) in [4.78, 5) is 0. The molecule has 2 unspecified atom stereocenters. The fourth-order valence-corrected chi connectivity index (χ4v) is 3.62. The molecular formula is C14H18N3. The van der Waals surface area contributed by atoms with Crippen LogP contribution in [0.1, 0.15) is 24.0 Å². The lowest BCUT2D eigenvalue weighted by atomic mass is 9.84. The molecule has 1 aromatic carbocycles. The molecule has 0 aromatic heterocycles. The van der Waals surface area contributed by atoms with Crippen LogP contribution in [0.5, 0.6) is 0 Å². The first-order chi connectivity index (χ1) is 8.37. The minimum Gasteiger partial charge on any atom is -0.313 e.